The summed E-state index contributed by atoms with van der Waals surface area (Å²) < 4.78 is 10.3. The Kier molecular flexibility index (Phi) is 5.52. The fourth-order valence-electron chi connectivity index (χ4n) is 2.36. The van der Waals surface area contributed by atoms with Gasteiger partial charge in [-0.2, -0.15) is 0 Å². The molecule has 0 spiro atoms. The molecule has 6 heteroatoms. The van der Waals surface area contributed by atoms with Crippen molar-refractivity contribution < 1.29 is 14.6 Å². The summed E-state index contributed by atoms with van der Waals surface area (Å²) >= 11 is 0. The predicted molar refractivity (Wildman–Crippen MR) is 86.7 cm³/mol. The first-order chi connectivity index (χ1) is 10.7. The van der Waals surface area contributed by atoms with Gasteiger partial charge in [-0.25, -0.2) is 0 Å². The molecule has 6 nitrogen and oxygen atoms in total. The Bertz CT molecular complexity index is 537. The quantitative estimate of drug-likeness (QED) is 0.439. The molecule has 0 fully saturated rings. The highest BCUT2D eigenvalue weighted by atomic mass is 16.5. The molecule has 0 aromatic heterocycles. The summed E-state index contributed by atoms with van der Waals surface area (Å²) in [7, 11) is 4.77. The van der Waals surface area contributed by atoms with Gasteiger partial charge in [0.1, 0.15) is 0 Å². The van der Waals surface area contributed by atoms with E-state index in [-0.39, 0.29) is 5.75 Å². The number of rotatable bonds is 5. The standard InChI is InChI=1S/C16H23N3O3/c1-17-16(19-12-6-4-5-7-12)18-10-11-8-13(21-2)15(20)14(9-11)22-3/h4-5,8-9,12,20H,6-7,10H2,1-3H3,(H2,17,18,19). The minimum atomic E-state index is 0.00767. The number of nitrogens with zero attached hydrogens (tertiary/aromatic N) is 1. The molecule has 0 radical (unpaired) electrons. The van der Waals surface area contributed by atoms with E-state index in [4.69, 9.17) is 9.47 Å². The summed E-state index contributed by atoms with van der Waals surface area (Å²) in [6.45, 7) is 0.548. The van der Waals surface area contributed by atoms with Crippen molar-refractivity contribution in [1.29, 1.82) is 0 Å². The van der Waals surface area contributed by atoms with E-state index in [9.17, 15) is 5.11 Å². The van der Waals surface area contributed by atoms with Crippen molar-refractivity contribution >= 4 is 5.96 Å². The maximum absolute atomic E-state index is 9.91. The highest BCUT2D eigenvalue weighted by molar-refractivity contribution is 5.80. The van der Waals surface area contributed by atoms with Crippen LogP contribution in [-0.2, 0) is 6.54 Å². The third-order valence-corrected chi connectivity index (χ3v) is 3.57. The lowest BCUT2D eigenvalue weighted by Gasteiger charge is -2.17. The molecule has 0 heterocycles. The number of aromatic hydroxyl groups is 1. The molecule has 22 heavy (non-hydrogen) atoms. The molecule has 0 atom stereocenters. The van der Waals surface area contributed by atoms with Crippen molar-refractivity contribution in [3.8, 4) is 17.2 Å². The van der Waals surface area contributed by atoms with Crippen molar-refractivity contribution in [3.63, 3.8) is 0 Å². The summed E-state index contributed by atoms with van der Waals surface area (Å²) in [6, 6.07) is 3.94. The number of hydrogen-bond donors (Lipinski definition) is 3. The Balaban J connectivity index is 2.00. The van der Waals surface area contributed by atoms with Crippen LogP contribution in [0.1, 0.15) is 18.4 Å². The van der Waals surface area contributed by atoms with Gasteiger partial charge in [-0.15, -0.1) is 0 Å². The number of aliphatic imine (C=N–C) groups is 1. The molecule has 0 unspecified atom stereocenters. The van der Waals surface area contributed by atoms with Crippen LogP contribution < -0.4 is 20.1 Å². The molecule has 1 aliphatic carbocycles. The van der Waals surface area contributed by atoms with Crippen LogP contribution in [0.3, 0.4) is 0 Å². The molecule has 2 rings (SSSR count). The van der Waals surface area contributed by atoms with Gasteiger partial charge in [0.05, 0.1) is 14.2 Å². The number of methoxy groups -OCH3 is 2. The fraction of sp³-hybridized carbons (Fsp3) is 0.438. The Morgan fingerprint density at radius 3 is 2.32 bits per heavy atom. The lowest BCUT2D eigenvalue weighted by atomic mass is 10.2. The average Bonchev–Trinajstić information content (AvgIpc) is 3.05. The highest BCUT2D eigenvalue weighted by Crippen LogP contribution is 2.36. The van der Waals surface area contributed by atoms with Gasteiger partial charge >= 0.3 is 0 Å². The summed E-state index contributed by atoms with van der Waals surface area (Å²) in [6.07, 6.45) is 6.37. The van der Waals surface area contributed by atoms with E-state index in [1.807, 2.05) is 0 Å². The van der Waals surface area contributed by atoms with Gasteiger partial charge in [0.2, 0.25) is 5.75 Å². The first kappa shape index (κ1) is 16.0. The van der Waals surface area contributed by atoms with Crippen LogP contribution in [0.2, 0.25) is 0 Å². The zero-order valence-corrected chi connectivity index (χ0v) is 13.2. The Morgan fingerprint density at radius 2 is 1.82 bits per heavy atom. The summed E-state index contributed by atoms with van der Waals surface area (Å²) in [5.41, 5.74) is 0.930. The topological polar surface area (TPSA) is 75.1 Å². The molecule has 0 aliphatic heterocycles. The molecule has 0 amide bonds. The third-order valence-electron chi connectivity index (χ3n) is 3.57. The molecule has 1 aromatic carbocycles. The lowest BCUT2D eigenvalue weighted by molar-refractivity contribution is 0.339. The summed E-state index contributed by atoms with van der Waals surface area (Å²) in [4.78, 5) is 4.22. The number of hydrogen-bond acceptors (Lipinski definition) is 4. The molecule has 1 aliphatic rings. The second-order valence-corrected chi connectivity index (χ2v) is 5.06. The molecule has 0 saturated carbocycles. The average molecular weight is 305 g/mol. The third kappa shape index (κ3) is 3.84. The van der Waals surface area contributed by atoms with Crippen LogP contribution >= 0.6 is 0 Å². The van der Waals surface area contributed by atoms with E-state index in [1.54, 1.807) is 19.2 Å². The van der Waals surface area contributed by atoms with E-state index in [0.29, 0.717) is 24.1 Å². The van der Waals surface area contributed by atoms with Gasteiger partial charge in [-0.05, 0) is 30.5 Å². The molecule has 0 saturated heterocycles. The van der Waals surface area contributed by atoms with Gasteiger partial charge in [-0.1, -0.05) is 12.2 Å². The maximum atomic E-state index is 9.91. The molecular weight excluding hydrogens is 282 g/mol. The monoisotopic (exact) mass is 305 g/mol. The summed E-state index contributed by atoms with van der Waals surface area (Å²) in [5.74, 6) is 1.53. The van der Waals surface area contributed by atoms with Crippen molar-refractivity contribution in [3.05, 3.63) is 29.8 Å². The number of nitrogens with one attached hydrogen (secondary N) is 2. The van der Waals surface area contributed by atoms with E-state index in [0.717, 1.165) is 24.4 Å². The van der Waals surface area contributed by atoms with Crippen LogP contribution in [0.15, 0.2) is 29.3 Å². The van der Waals surface area contributed by atoms with Crippen LogP contribution in [0.4, 0.5) is 0 Å². The van der Waals surface area contributed by atoms with Crippen molar-refractivity contribution in [2.45, 2.75) is 25.4 Å². The SMILES string of the molecule is CN=C(NCc1cc(OC)c(O)c(OC)c1)NC1CC=CC1. The van der Waals surface area contributed by atoms with Gasteiger partial charge in [-0.3, -0.25) is 4.99 Å². The van der Waals surface area contributed by atoms with Gasteiger partial charge in [0, 0.05) is 19.6 Å². The van der Waals surface area contributed by atoms with Gasteiger partial charge in [0.15, 0.2) is 17.5 Å². The van der Waals surface area contributed by atoms with Gasteiger partial charge < -0.3 is 25.2 Å². The van der Waals surface area contributed by atoms with Gasteiger partial charge in [0.25, 0.3) is 0 Å². The number of phenols is 1. The number of benzene rings is 1. The second-order valence-electron chi connectivity index (χ2n) is 5.06. The molecule has 120 valence electrons. The maximum Gasteiger partial charge on any atom is 0.200 e. The molecule has 0 bridgehead atoms. The van der Waals surface area contributed by atoms with Crippen LogP contribution in [0.25, 0.3) is 0 Å². The number of guanidine groups is 1. The zero-order chi connectivity index (χ0) is 15.9. The Labute approximate surface area is 130 Å². The van der Waals surface area contributed by atoms with Crippen molar-refractivity contribution in [2.24, 2.45) is 4.99 Å². The number of ether oxygens (including phenoxy) is 2. The van der Waals surface area contributed by atoms with Crippen LogP contribution in [0.5, 0.6) is 17.2 Å². The van der Waals surface area contributed by atoms with Crippen LogP contribution in [-0.4, -0.2) is 38.4 Å². The Hall–Kier alpha value is -2.37. The number of phenolic OH excluding ortho intramolecular Hbond substituents is 1. The predicted octanol–water partition coefficient (Wildman–Crippen LogP) is 1.79. The van der Waals surface area contributed by atoms with Crippen molar-refractivity contribution in [1.82, 2.24) is 10.6 Å². The lowest BCUT2D eigenvalue weighted by Crippen LogP contribution is -2.42. The minimum absolute atomic E-state index is 0.00767. The van der Waals surface area contributed by atoms with Crippen molar-refractivity contribution in [2.75, 3.05) is 21.3 Å². The minimum Gasteiger partial charge on any atom is -0.502 e. The fourth-order valence-corrected chi connectivity index (χ4v) is 2.36. The largest absolute Gasteiger partial charge is 0.502 e. The van der Waals surface area contributed by atoms with E-state index >= 15 is 0 Å². The Morgan fingerprint density at radius 1 is 1.23 bits per heavy atom. The molecule has 1 aromatic rings. The summed E-state index contributed by atoms with van der Waals surface area (Å²) in [5, 5.41) is 16.5. The van der Waals surface area contributed by atoms with E-state index < -0.39 is 0 Å². The second kappa shape index (κ2) is 7.59. The molecular formula is C16H23N3O3. The van der Waals surface area contributed by atoms with E-state index in [1.165, 1.54) is 14.2 Å². The zero-order valence-electron chi connectivity index (χ0n) is 13.2. The highest BCUT2D eigenvalue weighted by Gasteiger charge is 2.13. The normalized spacial score (nSPS) is 15.0. The first-order valence-corrected chi connectivity index (χ1v) is 7.24. The smallest absolute Gasteiger partial charge is 0.200 e. The first-order valence-electron chi connectivity index (χ1n) is 7.24. The van der Waals surface area contributed by atoms with Crippen LogP contribution in [0, 0.1) is 0 Å². The van der Waals surface area contributed by atoms with E-state index in [2.05, 4.69) is 27.8 Å². The molecule has 3 N–H and O–H groups in total.